The van der Waals surface area contributed by atoms with Gasteiger partial charge < -0.3 is 19.7 Å². The van der Waals surface area contributed by atoms with Crippen LogP contribution in [0, 0.1) is 5.92 Å². The molecule has 1 aromatic carbocycles. The standard InChI is InChI=1S/C21H25N3O4/c1-24-18(25)13-16(21(26)23-12-9-14-7-10-22-11-8-14)19(24)15-5-4-6-17(27-2)20(15)28-3/h4-8,10-11,16,19H,9,12-13H2,1-3H3,(H,23,26). The van der Waals surface area contributed by atoms with Crippen LogP contribution in [0.2, 0.25) is 0 Å². The molecule has 3 rings (SSSR count). The first-order valence-electron chi connectivity index (χ1n) is 9.20. The fourth-order valence-corrected chi connectivity index (χ4v) is 3.69. The summed E-state index contributed by atoms with van der Waals surface area (Å²) in [5.74, 6) is 0.428. The molecule has 1 aliphatic heterocycles. The first-order valence-corrected chi connectivity index (χ1v) is 9.20. The zero-order chi connectivity index (χ0) is 20.1. The van der Waals surface area contributed by atoms with Gasteiger partial charge in [0.2, 0.25) is 11.8 Å². The largest absolute Gasteiger partial charge is 0.493 e. The van der Waals surface area contributed by atoms with Gasteiger partial charge in [0, 0.05) is 38.0 Å². The van der Waals surface area contributed by atoms with Crippen LogP contribution in [0.3, 0.4) is 0 Å². The number of rotatable bonds is 7. The number of aromatic nitrogens is 1. The second-order valence-electron chi connectivity index (χ2n) is 6.74. The van der Waals surface area contributed by atoms with E-state index in [1.54, 1.807) is 44.6 Å². The summed E-state index contributed by atoms with van der Waals surface area (Å²) in [5.41, 5.74) is 1.87. The number of carbonyl (C=O) groups is 2. The molecule has 2 unspecified atom stereocenters. The van der Waals surface area contributed by atoms with Crippen LogP contribution < -0.4 is 14.8 Å². The molecule has 7 heteroatoms. The summed E-state index contributed by atoms with van der Waals surface area (Å²) in [6.45, 7) is 0.499. The molecule has 148 valence electrons. The number of amides is 2. The molecule has 28 heavy (non-hydrogen) atoms. The minimum atomic E-state index is -0.490. The highest BCUT2D eigenvalue weighted by molar-refractivity contribution is 5.90. The predicted molar refractivity (Wildman–Crippen MR) is 104 cm³/mol. The van der Waals surface area contributed by atoms with E-state index < -0.39 is 12.0 Å². The van der Waals surface area contributed by atoms with Gasteiger partial charge in [-0.3, -0.25) is 14.6 Å². The van der Waals surface area contributed by atoms with Crippen molar-refractivity contribution < 1.29 is 19.1 Å². The van der Waals surface area contributed by atoms with E-state index in [0.29, 0.717) is 24.5 Å². The molecule has 0 radical (unpaired) electrons. The lowest BCUT2D eigenvalue weighted by atomic mass is 9.92. The molecule has 1 N–H and O–H groups in total. The van der Waals surface area contributed by atoms with Crippen molar-refractivity contribution >= 4 is 11.8 Å². The summed E-state index contributed by atoms with van der Waals surface area (Å²) >= 11 is 0. The number of carbonyl (C=O) groups excluding carboxylic acids is 2. The highest BCUT2D eigenvalue weighted by Crippen LogP contribution is 2.44. The Morgan fingerprint density at radius 1 is 1.21 bits per heavy atom. The zero-order valence-electron chi connectivity index (χ0n) is 16.3. The highest BCUT2D eigenvalue weighted by atomic mass is 16.5. The van der Waals surface area contributed by atoms with E-state index in [2.05, 4.69) is 10.3 Å². The third kappa shape index (κ3) is 3.93. The van der Waals surface area contributed by atoms with Crippen LogP contribution in [0.25, 0.3) is 0 Å². The Hall–Kier alpha value is -3.09. The van der Waals surface area contributed by atoms with Gasteiger partial charge in [-0.25, -0.2) is 0 Å². The number of methoxy groups -OCH3 is 2. The Morgan fingerprint density at radius 2 is 1.96 bits per heavy atom. The van der Waals surface area contributed by atoms with Gasteiger partial charge in [-0.05, 0) is 30.2 Å². The average molecular weight is 383 g/mol. The number of nitrogens with one attached hydrogen (secondary N) is 1. The SMILES string of the molecule is COc1cccc(C2C(C(=O)NCCc3ccncc3)CC(=O)N2C)c1OC. The monoisotopic (exact) mass is 383 g/mol. The van der Waals surface area contributed by atoms with E-state index in [1.165, 1.54) is 0 Å². The van der Waals surface area contributed by atoms with Crippen LogP contribution in [-0.4, -0.2) is 49.5 Å². The molecule has 7 nitrogen and oxygen atoms in total. The summed E-state index contributed by atoms with van der Waals surface area (Å²) in [4.78, 5) is 30.9. The molecule has 2 heterocycles. The number of para-hydroxylation sites is 1. The first kappa shape index (κ1) is 19.7. The van der Waals surface area contributed by atoms with Gasteiger partial charge in [-0.1, -0.05) is 12.1 Å². The molecular formula is C21H25N3O4. The molecule has 0 aliphatic carbocycles. The third-order valence-electron chi connectivity index (χ3n) is 5.14. The van der Waals surface area contributed by atoms with Crippen LogP contribution in [0.5, 0.6) is 11.5 Å². The Morgan fingerprint density at radius 3 is 2.64 bits per heavy atom. The fourth-order valence-electron chi connectivity index (χ4n) is 3.69. The average Bonchev–Trinajstić information content (AvgIpc) is 3.02. The molecule has 0 saturated carbocycles. The van der Waals surface area contributed by atoms with Crippen LogP contribution in [-0.2, 0) is 16.0 Å². The van der Waals surface area contributed by atoms with Gasteiger partial charge in [0.15, 0.2) is 11.5 Å². The van der Waals surface area contributed by atoms with Crippen molar-refractivity contribution in [3.63, 3.8) is 0 Å². The Labute approximate surface area is 164 Å². The molecule has 1 saturated heterocycles. The smallest absolute Gasteiger partial charge is 0.226 e. The number of hydrogen-bond acceptors (Lipinski definition) is 5. The number of nitrogens with zero attached hydrogens (tertiary/aromatic N) is 2. The minimum absolute atomic E-state index is 0.0656. The maximum atomic E-state index is 12.9. The van der Waals surface area contributed by atoms with Crippen molar-refractivity contribution in [2.24, 2.45) is 5.92 Å². The number of pyridine rings is 1. The summed E-state index contributed by atoms with van der Waals surface area (Å²) in [7, 11) is 4.84. The third-order valence-corrected chi connectivity index (χ3v) is 5.14. The van der Waals surface area contributed by atoms with Crippen LogP contribution in [0.1, 0.15) is 23.6 Å². The van der Waals surface area contributed by atoms with Crippen molar-refractivity contribution in [2.45, 2.75) is 18.9 Å². The lowest BCUT2D eigenvalue weighted by molar-refractivity contribution is -0.128. The van der Waals surface area contributed by atoms with E-state index in [4.69, 9.17) is 9.47 Å². The van der Waals surface area contributed by atoms with Crippen molar-refractivity contribution in [1.29, 1.82) is 0 Å². The van der Waals surface area contributed by atoms with Crippen LogP contribution in [0.15, 0.2) is 42.7 Å². The van der Waals surface area contributed by atoms with E-state index in [9.17, 15) is 9.59 Å². The van der Waals surface area contributed by atoms with Gasteiger partial charge in [-0.2, -0.15) is 0 Å². The quantitative estimate of drug-likeness (QED) is 0.791. The number of ether oxygens (including phenoxy) is 2. The molecule has 0 spiro atoms. The van der Waals surface area contributed by atoms with E-state index >= 15 is 0 Å². The molecule has 2 aromatic rings. The number of hydrogen-bond donors (Lipinski definition) is 1. The molecule has 1 fully saturated rings. The summed E-state index contributed by atoms with van der Waals surface area (Å²) < 4.78 is 10.9. The molecule has 0 bridgehead atoms. The van der Waals surface area contributed by atoms with Crippen molar-refractivity contribution in [3.05, 3.63) is 53.9 Å². The highest BCUT2D eigenvalue weighted by Gasteiger charge is 2.44. The van der Waals surface area contributed by atoms with Gasteiger partial charge >= 0.3 is 0 Å². The van der Waals surface area contributed by atoms with Crippen LogP contribution >= 0.6 is 0 Å². The molecule has 1 aliphatic rings. The number of benzene rings is 1. The minimum Gasteiger partial charge on any atom is -0.493 e. The molecule has 2 amide bonds. The van der Waals surface area contributed by atoms with E-state index in [1.807, 2.05) is 24.3 Å². The van der Waals surface area contributed by atoms with E-state index in [0.717, 1.165) is 11.1 Å². The van der Waals surface area contributed by atoms with Gasteiger partial charge in [0.1, 0.15) is 0 Å². The van der Waals surface area contributed by atoms with Gasteiger partial charge in [0.25, 0.3) is 0 Å². The van der Waals surface area contributed by atoms with Crippen molar-refractivity contribution in [1.82, 2.24) is 15.2 Å². The molecule has 2 atom stereocenters. The zero-order valence-corrected chi connectivity index (χ0v) is 16.3. The Kier molecular flexibility index (Phi) is 6.13. The second kappa shape index (κ2) is 8.73. The molecular weight excluding hydrogens is 358 g/mol. The first-order chi connectivity index (χ1) is 13.6. The predicted octanol–water partition coefficient (Wildman–Crippen LogP) is 1.98. The lowest BCUT2D eigenvalue weighted by Crippen LogP contribution is -2.35. The molecule has 1 aromatic heterocycles. The summed E-state index contributed by atoms with van der Waals surface area (Å²) in [6.07, 6.45) is 4.33. The second-order valence-corrected chi connectivity index (χ2v) is 6.74. The fraction of sp³-hybridized carbons (Fsp3) is 0.381. The topological polar surface area (TPSA) is 80.8 Å². The number of likely N-dealkylation sites (tertiary alicyclic amines) is 1. The Bertz CT molecular complexity index is 841. The normalized spacial score (nSPS) is 18.8. The Balaban J connectivity index is 1.78. The van der Waals surface area contributed by atoms with Crippen LogP contribution in [0.4, 0.5) is 0 Å². The van der Waals surface area contributed by atoms with Gasteiger partial charge in [0.05, 0.1) is 26.2 Å². The van der Waals surface area contributed by atoms with Crippen molar-refractivity contribution in [3.8, 4) is 11.5 Å². The summed E-state index contributed by atoms with van der Waals surface area (Å²) in [5, 5.41) is 2.97. The lowest BCUT2D eigenvalue weighted by Gasteiger charge is -2.27. The summed E-state index contributed by atoms with van der Waals surface area (Å²) in [6, 6.07) is 8.94. The van der Waals surface area contributed by atoms with Crippen molar-refractivity contribution in [2.75, 3.05) is 27.8 Å². The maximum Gasteiger partial charge on any atom is 0.226 e. The maximum absolute atomic E-state index is 12.9. The van der Waals surface area contributed by atoms with Gasteiger partial charge in [-0.15, -0.1) is 0 Å². The van der Waals surface area contributed by atoms with E-state index in [-0.39, 0.29) is 18.2 Å².